The monoisotopic (exact) mass is 329 g/mol. The third kappa shape index (κ3) is 1.94. The van der Waals surface area contributed by atoms with Gasteiger partial charge in [-0.2, -0.15) is 0 Å². The number of fused-ring (bicyclic) bond motifs is 4. The number of nitrogens with zero attached hydrogens (tertiary/aromatic N) is 3. The fourth-order valence-corrected chi connectivity index (χ4v) is 4.06. The van der Waals surface area contributed by atoms with Crippen molar-refractivity contribution in [1.82, 2.24) is 14.5 Å². The van der Waals surface area contributed by atoms with Crippen LogP contribution in [0.4, 0.5) is 0 Å². The number of carbonyl (C=O) groups excluding carboxylic acids is 1. The summed E-state index contributed by atoms with van der Waals surface area (Å²) in [7, 11) is 1.93. The second-order valence-corrected chi connectivity index (χ2v) is 7.08. The average Bonchev–Trinajstić information content (AvgIpc) is 3.30. The standard InChI is InChI=1S/C21H19N3O/c1-14-12-16(7-10-22-14)15-5-6-17-19(13-15)24-11-3-4-18(24)20(25)23(2)21(17)8-9-21/h3-7,10-13H,8-9H2,1-2H3. The van der Waals surface area contributed by atoms with E-state index in [-0.39, 0.29) is 11.4 Å². The molecule has 0 saturated heterocycles. The van der Waals surface area contributed by atoms with Crippen LogP contribution in [0.25, 0.3) is 16.8 Å². The Bertz CT molecular complexity index is 1010. The fourth-order valence-electron chi connectivity index (χ4n) is 4.06. The van der Waals surface area contributed by atoms with Crippen molar-refractivity contribution in [2.45, 2.75) is 25.3 Å². The molecule has 1 fully saturated rings. The predicted molar refractivity (Wildman–Crippen MR) is 96.7 cm³/mol. The van der Waals surface area contributed by atoms with E-state index in [0.717, 1.165) is 41.0 Å². The molecule has 4 heteroatoms. The van der Waals surface area contributed by atoms with E-state index in [1.54, 1.807) is 0 Å². The van der Waals surface area contributed by atoms with Gasteiger partial charge in [-0.1, -0.05) is 12.1 Å². The number of carbonyl (C=O) groups is 1. The van der Waals surface area contributed by atoms with Crippen molar-refractivity contribution >= 4 is 5.91 Å². The van der Waals surface area contributed by atoms with E-state index >= 15 is 0 Å². The first kappa shape index (κ1) is 14.5. The largest absolute Gasteiger partial charge is 0.331 e. The summed E-state index contributed by atoms with van der Waals surface area (Å²) in [5, 5.41) is 0. The molecule has 0 atom stereocenters. The van der Waals surface area contributed by atoms with Crippen LogP contribution in [-0.2, 0) is 5.54 Å². The van der Waals surface area contributed by atoms with Crippen molar-refractivity contribution in [2.24, 2.45) is 0 Å². The maximum absolute atomic E-state index is 12.9. The number of hydrogen-bond donors (Lipinski definition) is 0. The summed E-state index contributed by atoms with van der Waals surface area (Å²) in [4.78, 5) is 19.1. The lowest BCUT2D eigenvalue weighted by Crippen LogP contribution is -2.36. The van der Waals surface area contributed by atoms with Crippen LogP contribution in [0.3, 0.4) is 0 Å². The van der Waals surface area contributed by atoms with E-state index in [9.17, 15) is 4.79 Å². The highest BCUT2D eigenvalue weighted by Gasteiger charge is 2.53. The number of hydrogen-bond acceptors (Lipinski definition) is 2. The van der Waals surface area contributed by atoms with Gasteiger partial charge in [0, 0.05) is 30.7 Å². The molecule has 0 radical (unpaired) electrons. The van der Waals surface area contributed by atoms with Crippen molar-refractivity contribution in [2.75, 3.05) is 7.05 Å². The molecule has 1 aliphatic heterocycles. The molecular weight excluding hydrogens is 310 g/mol. The normalized spacial score (nSPS) is 17.2. The molecule has 1 saturated carbocycles. The fraction of sp³-hybridized carbons (Fsp3) is 0.238. The highest BCUT2D eigenvalue weighted by atomic mass is 16.2. The first-order valence-electron chi connectivity index (χ1n) is 8.64. The second-order valence-electron chi connectivity index (χ2n) is 7.08. The molecule has 1 aliphatic carbocycles. The topological polar surface area (TPSA) is 38.1 Å². The quantitative estimate of drug-likeness (QED) is 0.678. The van der Waals surface area contributed by atoms with E-state index in [1.807, 2.05) is 54.0 Å². The Morgan fingerprint density at radius 3 is 2.64 bits per heavy atom. The average molecular weight is 329 g/mol. The molecule has 3 aromatic rings. The molecule has 1 spiro atoms. The van der Waals surface area contributed by atoms with E-state index in [0.29, 0.717) is 0 Å². The Kier molecular flexibility index (Phi) is 2.79. The first-order valence-corrected chi connectivity index (χ1v) is 8.64. The van der Waals surface area contributed by atoms with Gasteiger partial charge in [-0.25, -0.2) is 0 Å². The van der Waals surface area contributed by atoms with Crippen LogP contribution in [-0.4, -0.2) is 27.4 Å². The molecule has 2 aliphatic rings. The zero-order valence-electron chi connectivity index (χ0n) is 14.4. The van der Waals surface area contributed by atoms with Gasteiger partial charge in [0.25, 0.3) is 5.91 Å². The second kappa shape index (κ2) is 4.82. The van der Waals surface area contributed by atoms with Gasteiger partial charge in [-0.15, -0.1) is 0 Å². The molecule has 5 rings (SSSR count). The number of benzene rings is 1. The van der Waals surface area contributed by atoms with Crippen molar-refractivity contribution in [3.63, 3.8) is 0 Å². The predicted octanol–water partition coefficient (Wildman–Crippen LogP) is 3.92. The molecule has 25 heavy (non-hydrogen) atoms. The summed E-state index contributed by atoms with van der Waals surface area (Å²) in [5.74, 6) is 0.0972. The Morgan fingerprint density at radius 2 is 1.88 bits per heavy atom. The summed E-state index contributed by atoms with van der Waals surface area (Å²) in [6, 6.07) is 14.6. The van der Waals surface area contributed by atoms with Gasteiger partial charge in [0.2, 0.25) is 0 Å². The third-order valence-electron chi connectivity index (χ3n) is 5.63. The summed E-state index contributed by atoms with van der Waals surface area (Å²) >= 11 is 0. The highest BCUT2D eigenvalue weighted by Crippen LogP contribution is 2.54. The molecule has 4 nitrogen and oxygen atoms in total. The summed E-state index contributed by atoms with van der Waals surface area (Å²) in [6.45, 7) is 2.00. The van der Waals surface area contributed by atoms with Crippen molar-refractivity contribution in [1.29, 1.82) is 0 Å². The Labute approximate surface area is 146 Å². The van der Waals surface area contributed by atoms with Gasteiger partial charge in [-0.3, -0.25) is 9.78 Å². The van der Waals surface area contributed by atoms with Gasteiger partial charge in [0.1, 0.15) is 5.69 Å². The summed E-state index contributed by atoms with van der Waals surface area (Å²) in [6.07, 6.45) is 5.89. The minimum atomic E-state index is -0.141. The summed E-state index contributed by atoms with van der Waals surface area (Å²) in [5.41, 5.74) is 6.25. The zero-order chi connectivity index (χ0) is 17.2. The highest BCUT2D eigenvalue weighted by molar-refractivity contribution is 5.95. The van der Waals surface area contributed by atoms with Gasteiger partial charge in [-0.05, 0) is 61.2 Å². The molecular formula is C21H19N3O. The SMILES string of the molecule is Cc1cc(-c2ccc3c(c2)-n2cccc2C(=O)N(C)C32CC2)ccn1. The van der Waals surface area contributed by atoms with Crippen LogP contribution in [0, 0.1) is 6.92 Å². The lowest BCUT2D eigenvalue weighted by Gasteiger charge is -2.27. The number of aryl methyl sites for hydroxylation is 1. The van der Waals surface area contributed by atoms with Crippen LogP contribution in [0.2, 0.25) is 0 Å². The van der Waals surface area contributed by atoms with Gasteiger partial charge in [0.05, 0.1) is 11.2 Å². The van der Waals surface area contributed by atoms with Crippen molar-refractivity contribution < 1.29 is 4.79 Å². The maximum Gasteiger partial charge on any atom is 0.271 e. The van der Waals surface area contributed by atoms with Gasteiger partial charge < -0.3 is 9.47 Å². The van der Waals surface area contributed by atoms with Crippen LogP contribution < -0.4 is 0 Å². The maximum atomic E-state index is 12.9. The van der Waals surface area contributed by atoms with Crippen LogP contribution >= 0.6 is 0 Å². The van der Waals surface area contributed by atoms with Crippen molar-refractivity contribution in [3.05, 3.63) is 71.8 Å². The lowest BCUT2D eigenvalue weighted by molar-refractivity contribution is 0.0705. The molecule has 1 aromatic carbocycles. The molecule has 0 unspecified atom stereocenters. The molecule has 0 N–H and O–H groups in total. The Morgan fingerprint density at radius 1 is 1.08 bits per heavy atom. The lowest BCUT2D eigenvalue weighted by atomic mass is 9.96. The van der Waals surface area contributed by atoms with E-state index in [4.69, 9.17) is 0 Å². The molecule has 1 amide bonds. The molecule has 2 aromatic heterocycles. The minimum Gasteiger partial charge on any atom is -0.331 e. The van der Waals surface area contributed by atoms with E-state index in [2.05, 4.69) is 29.2 Å². The molecule has 0 bridgehead atoms. The van der Waals surface area contributed by atoms with Crippen molar-refractivity contribution in [3.8, 4) is 16.8 Å². The minimum absolute atomic E-state index is 0.0972. The number of pyridine rings is 1. The number of amides is 1. The zero-order valence-corrected chi connectivity index (χ0v) is 14.4. The molecule has 3 heterocycles. The third-order valence-corrected chi connectivity index (χ3v) is 5.63. The Balaban J connectivity index is 1.77. The van der Waals surface area contributed by atoms with Crippen LogP contribution in [0.5, 0.6) is 0 Å². The smallest absolute Gasteiger partial charge is 0.271 e. The van der Waals surface area contributed by atoms with Crippen LogP contribution in [0.1, 0.15) is 34.6 Å². The van der Waals surface area contributed by atoms with Gasteiger partial charge >= 0.3 is 0 Å². The number of rotatable bonds is 1. The number of aromatic nitrogens is 2. The van der Waals surface area contributed by atoms with E-state index < -0.39 is 0 Å². The summed E-state index contributed by atoms with van der Waals surface area (Å²) < 4.78 is 2.04. The first-order chi connectivity index (χ1) is 12.1. The van der Waals surface area contributed by atoms with Crippen LogP contribution in [0.15, 0.2) is 54.9 Å². The van der Waals surface area contributed by atoms with Gasteiger partial charge in [0.15, 0.2) is 0 Å². The molecule has 124 valence electrons. The van der Waals surface area contributed by atoms with E-state index in [1.165, 1.54) is 5.56 Å². The Hall–Kier alpha value is -2.88.